The molecule has 0 saturated carbocycles. The van der Waals surface area contributed by atoms with E-state index in [1.165, 1.54) is 0 Å². The molecule has 4 N–H and O–H groups in total. The summed E-state index contributed by atoms with van der Waals surface area (Å²) in [7, 11) is 0. The van der Waals surface area contributed by atoms with Crippen molar-refractivity contribution in [1.29, 1.82) is 0 Å². The lowest BCUT2D eigenvalue weighted by molar-refractivity contribution is -0.123. The molecule has 106 valence electrons. The smallest absolute Gasteiger partial charge is 0.237 e. The van der Waals surface area contributed by atoms with Crippen molar-refractivity contribution in [2.24, 2.45) is 5.73 Å². The standard InChI is InChI=1S/C15H18N2O3/c1-10(14-3-2-8-20-14)17-15(19)13(16)9-11-4-6-12(18)7-5-11/h2-8,10,13,18H,9,16H2,1H3,(H,17,19)/t10-,13?/m1/s1. The quantitative estimate of drug-likeness (QED) is 0.774. The van der Waals surface area contributed by atoms with E-state index in [-0.39, 0.29) is 17.7 Å². The number of phenolic OH excluding ortho intramolecular Hbond substituents is 1. The zero-order chi connectivity index (χ0) is 14.5. The third-order valence-corrected chi connectivity index (χ3v) is 3.06. The summed E-state index contributed by atoms with van der Waals surface area (Å²) in [6.07, 6.45) is 1.98. The van der Waals surface area contributed by atoms with Crippen LogP contribution in [0.15, 0.2) is 47.1 Å². The van der Waals surface area contributed by atoms with Gasteiger partial charge in [-0.25, -0.2) is 0 Å². The number of nitrogens with one attached hydrogen (secondary N) is 1. The SMILES string of the molecule is C[C@@H](NC(=O)C(N)Cc1ccc(O)cc1)c1ccco1. The molecular weight excluding hydrogens is 256 g/mol. The summed E-state index contributed by atoms with van der Waals surface area (Å²) in [5.74, 6) is 0.648. The molecule has 1 heterocycles. The number of carbonyl (C=O) groups is 1. The van der Waals surface area contributed by atoms with Gasteiger partial charge in [0.2, 0.25) is 5.91 Å². The molecule has 0 spiro atoms. The number of benzene rings is 1. The van der Waals surface area contributed by atoms with Gasteiger partial charge in [-0.3, -0.25) is 4.79 Å². The van der Waals surface area contributed by atoms with Gasteiger partial charge in [-0.05, 0) is 43.2 Å². The monoisotopic (exact) mass is 274 g/mol. The first-order valence-corrected chi connectivity index (χ1v) is 6.43. The van der Waals surface area contributed by atoms with Crippen molar-refractivity contribution in [3.63, 3.8) is 0 Å². The Morgan fingerprint density at radius 2 is 2.05 bits per heavy atom. The Kier molecular flexibility index (Phi) is 4.42. The highest BCUT2D eigenvalue weighted by Gasteiger charge is 2.18. The molecule has 0 aliphatic heterocycles. The molecule has 0 aliphatic rings. The summed E-state index contributed by atoms with van der Waals surface area (Å²) in [5.41, 5.74) is 6.78. The Balaban J connectivity index is 1.90. The highest BCUT2D eigenvalue weighted by atomic mass is 16.3. The molecule has 2 rings (SSSR count). The Bertz CT molecular complexity index is 549. The third kappa shape index (κ3) is 3.61. The molecule has 0 fully saturated rings. The summed E-state index contributed by atoms with van der Waals surface area (Å²) in [6, 6.07) is 9.36. The molecule has 5 nitrogen and oxygen atoms in total. The van der Waals surface area contributed by atoms with Crippen LogP contribution in [0, 0.1) is 0 Å². The lowest BCUT2D eigenvalue weighted by atomic mass is 10.1. The maximum atomic E-state index is 12.0. The summed E-state index contributed by atoms with van der Waals surface area (Å²) < 4.78 is 5.22. The van der Waals surface area contributed by atoms with E-state index in [1.807, 2.05) is 6.92 Å². The molecule has 1 aromatic carbocycles. The molecule has 0 radical (unpaired) electrons. The average molecular weight is 274 g/mol. The van der Waals surface area contributed by atoms with Gasteiger partial charge in [0.05, 0.1) is 18.3 Å². The number of aromatic hydroxyl groups is 1. The summed E-state index contributed by atoms with van der Waals surface area (Å²) >= 11 is 0. The number of rotatable bonds is 5. The molecule has 1 amide bonds. The van der Waals surface area contributed by atoms with E-state index >= 15 is 0 Å². The molecule has 20 heavy (non-hydrogen) atoms. The predicted molar refractivity (Wildman–Crippen MR) is 75.1 cm³/mol. The minimum absolute atomic E-state index is 0.193. The van der Waals surface area contributed by atoms with Crippen LogP contribution in [0.5, 0.6) is 5.75 Å². The number of nitrogens with two attached hydrogens (primary N) is 1. The van der Waals surface area contributed by atoms with Crippen molar-refractivity contribution in [3.05, 3.63) is 54.0 Å². The lowest BCUT2D eigenvalue weighted by Gasteiger charge is -2.16. The molecule has 1 unspecified atom stereocenters. The van der Waals surface area contributed by atoms with Crippen LogP contribution in [0.1, 0.15) is 24.3 Å². The van der Waals surface area contributed by atoms with E-state index in [0.29, 0.717) is 12.2 Å². The van der Waals surface area contributed by atoms with Crippen molar-refractivity contribution < 1.29 is 14.3 Å². The van der Waals surface area contributed by atoms with Crippen LogP contribution < -0.4 is 11.1 Å². The number of phenols is 1. The first-order valence-electron chi connectivity index (χ1n) is 6.43. The zero-order valence-electron chi connectivity index (χ0n) is 11.2. The van der Waals surface area contributed by atoms with Crippen molar-refractivity contribution in [1.82, 2.24) is 5.32 Å². The van der Waals surface area contributed by atoms with Gasteiger partial charge in [-0.2, -0.15) is 0 Å². The minimum Gasteiger partial charge on any atom is -0.508 e. The summed E-state index contributed by atoms with van der Waals surface area (Å²) in [5, 5.41) is 12.0. The largest absolute Gasteiger partial charge is 0.508 e. The highest BCUT2D eigenvalue weighted by Crippen LogP contribution is 2.13. The third-order valence-electron chi connectivity index (χ3n) is 3.06. The Hall–Kier alpha value is -2.27. The number of hydrogen-bond acceptors (Lipinski definition) is 4. The first-order chi connectivity index (χ1) is 9.56. The van der Waals surface area contributed by atoms with E-state index in [9.17, 15) is 9.90 Å². The Morgan fingerprint density at radius 3 is 2.65 bits per heavy atom. The summed E-state index contributed by atoms with van der Waals surface area (Å²) in [6.45, 7) is 1.84. The topological polar surface area (TPSA) is 88.5 Å². The zero-order valence-corrected chi connectivity index (χ0v) is 11.2. The normalized spacial score (nSPS) is 13.7. The second-order valence-electron chi connectivity index (χ2n) is 4.72. The number of carbonyl (C=O) groups excluding carboxylic acids is 1. The van der Waals surface area contributed by atoms with Gasteiger partial charge in [0.1, 0.15) is 11.5 Å². The van der Waals surface area contributed by atoms with Crippen molar-refractivity contribution in [2.75, 3.05) is 0 Å². The maximum Gasteiger partial charge on any atom is 0.237 e. The van der Waals surface area contributed by atoms with Gasteiger partial charge < -0.3 is 20.6 Å². The second-order valence-corrected chi connectivity index (χ2v) is 4.72. The predicted octanol–water partition coefficient (Wildman–Crippen LogP) is 1.73. The minimum atomic E-state index is -0.642. The lowest BCUT2D eigenvalue weighted by Crippen LogP contribution is -2.42. The van der Waals surface area contributed by atoms with Gasteiger partial charge >= 0.3 is 0 Å². The molecule has 2 atom stereocenters. The second kappa shape index (κ2) is 6.25. The number of amides is 1. The van der Waals surface area contributed by atoms with E-state index in [1.54, 1.807) is 42.7 Å². The van der Waals surface area contributed by atoms with Gasteiger partial charge in [0, 0.05) is 0 Å². The van der Waals surface area contributed by atoms with Gasteiger partial charge in [0.15, 0.2) is 0 Å². The van der Waals surface area contributed by atoms with Crippen LogP contribution in [0.4, 0.5) is 0 Å². The van der Waals surface area contributed by atoms with Crippen molar-refractivity contribution in [2.45, 2.75) is 25.4 Å². The number of hydrogen-bond donors (Lipinski definition) is 3. The molecule has 5 heteroatoms. The number of furan rings is 1. The van der Waals surface area contributed by atoms with Gasteiger partial charge in [-0.15, -0.1) is 0 Å². The van der Waals surface area contributed by atoms with Crippen molar-refractivity contribution in [3.8, 4) is 5.75 Å². The molecule has 1 aromatic heterocycles. The van der Waals surface area contributed by atoms with Crippen molar-refractivity contribution >= 4 is 5.91 Å². The van der Waals surface area contributed by atoms with E-state index in [0.717, 1.165) is 5.56 Å². The molecule has 0 aliphatic carbocycles. The maximum absolute atomic E-state index is 12.0. The van der Waals surface area contributed by atoms with Crippen LogP contribution in [-0.2, 0) is 11.2 Å². The highest BCUT2D eigenvalue weighted by molar-refractivity contribution is 5.82. The first kappa shape index (κ1) is 14.1. The molecular formula is C15H18N2O3. The van der Waals surface area contributed by atoms with Crippen LogP contribution in [0.3, 0.4) is 0 Å². The van der Waals surface area contributed by atoms with E-state index < -0.39 is 6.04 Å². The summed E-state index contributed by atoms with van der Waals surface area (Å²) in [4.78, 5) is 12.0. The Morgan fingerprint density at radius 1 is 1.35 bits per heavy atom. The van der Waals surface area contributed by atoms with E-state index in [2.05, 4.69) is 5.32 Å². The molecule has 0 saturated heterocycles. The molecule has 0 bridgehead atoms. The van der Waals surface area contributed by atoms with Crippen LogP contribution in [0.2, 0.25) is 0 Å². The van der Waals surface area contributed by atoms with E-state index in [4.69, 9.17) is 10.2 Å². The fraction of sp³-hybridized carbons (Fsp3) is 0.267. The van der Waals surface area contributed by atoms with Gasteiger partial charge in [0.25, 0.3) is 0 Å². The van der Waals surface area contributed by atoms with Crippen LogP contribution >= 0.6 is 0 Å². The van der Waals surface area contributed by atoms with Crippen LogP contribution in [-0.4, -0.2) is 17.1 Å². The Labute approximate surface area is 117 Å². The van der Waals surface area contributed by atoms with Crippen LogP contribution in [0.25, 0.3) is 0 Å². The fourth-order valence-corrected chi connectivity index (χ4v) is 1.91. The average Bonchev–Trinajstić information content (AvgIpc) is 2.95. The fourth-order valence-electron chi connectivity index (χ4n) is 1.91. The van der Waals surface area contributed by atoms with Gasteiger partial charge in [-0.1, -0.05) is 12.1 Å². The molecule has 2 aromatic rings.